The lowest BCUT2D eigenvalue weighted by atomic mass is 10.0. The van der Waals surface area contributed by atoms with E-state index < -0.39 is 0 Å². The highest BCUT2D eigenvalue weighted by atomic mass is 16.5. The third-order valence-electron chi connectivity index (χ3n) is 4.17. The van der Waals surface area contributed by atoms with Gasteiger partial charge in [0.2, 0.25) is 0 Å². The van der Waals surface area contributed by atoms with Crippen LogP contribution >= 0.6 is 0 Å². The van der Waals surface area contributed by atoms with Crippen LogP contribution in [0.4, 0.5) is 0 Å². The van der Waals surface area contributed by atoms with Crippen LogP contribution in [0.3, 0.4) is 0 Å². The monoisotopic (exact) mass is 251 g/mol. The van der Waals surface area contributed by atoms with Crippen molar-refractivity contribution in [1.82, 2.24) is 9.80 Å². The summed E-state index contributed by atoms with van der Waals surface area (Å²) in [5, 5.41) is 9.15. The molecule has 18 heavy (non-hydrogen) atoms. The maximum Gasteiger partial charge on any atom is 0.103 e. The van der Waals surface area contributed by atoms with Crippen LogP contribution in [0, 0.1) is 11.3 Å². The van der Waals surface area contributed by atoms with Crippen LogP contribution < -0.4 is 0 Å². The fourth-order valence-electron chi connectivity index (χ4n) is 2.80. The highest BCUT2D eigenvalue weighted by Crippen LogP contribution is 2.18. The molecular formula is C14H25N3O. The van der Waals surface area contributed by atoms with Crippen molar-refractivity contribution in [3.05, 3.63) is 0 Å². The molecule has 2 fully saturated rings. The van der Waals surface area contributed by atoms with Gasteiger partial charge in [-0.25, -0.2) is 0 Å². The molecule has 2 saturated heterocycles. The maximum atomic E-state index is 9.15. The van der Waals surface area contributed by atoms with Crippen molar-refractivity contribution in [2.24, 2.45) is 0 Å². The van der Waals surface area contributed by atoms with Gasteiger partial charge in [-0.05, 0) is 33.1 Å². The van der Waals surface area contributed by atoms with Crippen molar-refractivity contribution in [3.63, 3.8) is 0 Å². The summed E-state index contributed by atoms with van der Waals surface area (Å²) in [6, 6.07) is 2.39. The van der Waals surface area contributed by atoms with Gasteiger partial charge in [0, 0.05) is 39.3 Å². The minimum atomic E-state index is -0.326. The van der Waals surface area contributed by atoms with E-state index in [1.165, 1.54) is 19.3 Å². The van der Waals surface area contributed by atoms with E-state index in [9.17, 15) is 0 Å². The Hall–Kier alpha value is -0.630. The van der Waals surface area contributed by atoms with E-state index in [4.69, 9.17) is 10.00 Å². The van der Waals surface area contributed by atoms with Crippen LogP contribution in [0.1, 0.15) is 33.1 Å². The van der Waals surface area contributed by atoms with E-state index in [-0.39, 0.29) is 5.54 Å². The molecule has 0 aromatic carbocycles. The predicted octanol–water partition coefficient (Wildman–Crippen LogP) is 1.48. The van der Waals surface area contributed by atoms with Crippen LogP contribution in [0.15, 0.2) is 0 Å². The number of hydrogen-bond acceptors (Lipinski definition) is 4. The lowest BCUT2D eigenvalue weighted by Gasteiger charge is -2.41. The first-order valence-corrected chi connectivity index (χ1v) is 7.12. The molecule has 2 heterocycles. The number of ether oxygens (including phenoxy) is 1. The predicted molar refractivity (Wildman–Crippen MR) is 71.3 cm³/mol. The van der Waals surface area contributed by atoms with Crippen LogP contribution in [-0.4, -0.2) is 60.8 Å². The zero-order valence-corrected chi connectivity index (χ0v) is 11.7. The summed E-state index contributed by atoms with van der Waals surface area (Å²) in [7, 11) is 0. The Morgan fingerprint density at radius 1 is 1.22 bits per heavy atom. The van der Waals surface area contributed by atoms with Gasteiger partial charge >= 0.3 is 0 Å². The summed E-state index contributed by atoms with van der Waals surface area (Å²) in [6.45, 7) is 10.1. The number of nitriles is 1. The van der Waals surface area contributed by atoms with Crippen molar-refractivity contribution >= 4 is 0 Å². The summed E-state index contributed by atoms with van der Waals surface area (Å²) in [5.41, 5.74) is -0.326. The van der Waals surface area contributed by atoms with Gasteiger partial charge in [0.05, 0.1) is 12.2 Å². The van der Waals surface area contributed by atoms with Gasteiger partial charge in [0.25, 0.3) is 0 Å². The Bertz CT molecular complexity index is 297. The van der Waals surface area contributed by atoms with E-state index in [2.05, 4.69) is 15.9 Å². The Morgan fingerprint density at radius 2 is 1.94 bits per heavy atom. The van der Waals surface area contributed by atoms with E-state index >= 15 is 0 Å². The second kappa shape index (κ2) is 6.01. The average Bonchev–Trinajstić information content (AvgIpc) is 2.40. The minimum Gasteiger partial charge on any atom is -0.377 e. The molecule has 0 bridgehead atoms. The average molecular weight is 251 g/mol. The molecule has 0 aliphatic carbocycles. The lowest BCUT2D eigenvalue weighted by molar-refractivity contribution is -0.0188. The van der Waals surface area contributed by atoms with Crippen LogP contribution in [-0.2, 0) is 4.74 Å². The van der Waals surface area contributed by atoms with E-state index in [0.29, 0.717) is 6.10 Å². The molecular weight excluding hydrogens is 226 g/mol. The zero-order valence-electron chi connectivity index (χ0n) is 11.7. The molecule has 102 valence electrons. The van der Waals surface area contributed by atoms with Crippen LogP contribution in [0.25, 0.3) is 0 Å². The SMILES string of the molecule is CC(C)(C#N)N1CCN(CC2CCCCO2)CC1. The smallest absolute Gasteiger partial charge is 0.103 e. The summed E-state index contributed by atoms with van der Waals surface area (Å²) in [6.07, 6.45) is 4.19. The molecule has 2 rings (SSSR count). The fraction of sp³-hybridized carbons (Fsp3) is 0.929. The van der Waals surface area contributed by atoms with Crippen molar-refractivity contribution in [1.29, 1.82) is 5.26 Å². The number of piperazine rings is 1. The number of rotatable bonds is 3. The summed E-state index contributed by atoms with van der Waals surface area (Å²) in [4.78, 5) is 4.77. The molecule has 2 aliphatic rings. The summed E-state index contributed by atoms with van der Waals surface area (Å²) >= 11 is 0. The maximum absolute atomic E-state index is 9.15. The van der Waals surface area contributed by atoms with Gasteiger partial charge in [-0.15, -0.1) is 0 Å². The molecule has 0 saturated carbocycles. The Labute approximate surface area is 110 Å². The highest BCUT2D eigenvalue weighted by Gasteiger charge is 2.30. The first-order chi connectivity index (χ1) is 8.62. The number of hydrogen-bond donors (Lipinski definition) is 0. The van der Waals surface area contributed by atoms with E-state index in [1.54, 1.807) is 0 Å². The Balaban J connectivity index is 1.75. The normalized spacial score (nSPS) is 27.9. The molecule has 1 unspecified atom stereocenters. The van der Waals surface area contributed by atoms with Gasteiger partial charge in [0.1, 0.15) is 5.54 Å². The van der Waals surface area contributed by atoms with Crippen molar-refractivity contribution < 1.29 is 4.74 Å². The van der Waals surface area contributed by atoms with Crippen molar-refractivity contribution in [2.75, 3.05) is 39.3 Å². The molecule has 0 spiro atoms. The van der Waals surface area contributed by atoms with Gasteiger partial charge in [-0.2, -0.15) is 5.26 Å². The van der Waals surface area contributed by atoms with Crippen molar-refractivity contribution in [3.8, 4) is 6.07 Å². The second-order valence-corrected chi connectivity index (χ2v) is 5.95. The zero-order chi connectivity index (χ0) is 13.0. The first kappa shape index (κ1) is 13.8. The van der Waals surface area contributed by atoms with Gasteiger partial charge in [-0.3, -0.25) is 9.80 Å². The van der Waals surface area contributed by atoms with Gasteiger partial charge < -0.3 is 4.74 Å². The van der Waals surface area contributed by atoms with E-state index in [1.807, 2.05) is 13.8 Å². The van der Waals surface area contributed by atoms with Crippen molar-refractivity contribution in [2.45, 2.75) is 44.8 Å². The molecule has 0 radical (unpaired) electrons. The van der Waals surface area contributed by atoms with Crippen LogP contribution in [0.2, 0.25) is 0 Å². The largest absolute Gasteiger partial charge is 0.377 e. The number of nitrogens with zero attached hydrogens (tertiary/aromatic N) is 3. The van der Waals surface area contributed by atoms with Gasteiger partial charge in [0.15, 0.2) is 0 Å². The molecule has 1 atom stereocenters. The van der Waals surface area contributed by atoms with Gasteiger partial charge in [-0.1, -0.05) is 0 Å². The molecule has 0 aromatic rings. The molecule has 4 nitrogen and oxygen atoms in total. The summed E-state index contributed by atoms with van der Waals surface area (Å²) < 4.78 is 5.79. The quantitative estimate of drug-likeness (QED) is 0.761. The molecule has 0 aromatic heterocycles. The Morgan fingerprint density at radius 3 is 2.50 bits per heavy atom. The lowest BCUT2D eigenvalue weighted by Crippen LogP contribution is -2.55. The summed E-state index contributed by atoms with van der Waals surface area (Å²) in [5.74, 6) is 0. The Kier molecular flexibility index (Phi) is 4.60. The second-order valence-electron chi connectivity index (χ2n) is 5.95. The van der Waals surface area contributed by atoms with Crippen LogP contribution in [0.5, 0.6) is 0 Å². The first-order valence-electron chi connectivity index (χ1n) is 7.12. The molecule has 2 aliphatic heterocycles. The minimum absolute atomic E-state index is 0.326. The topological polar surface area (TPSA) is 39.5 Å². The third kappa shape index (κ3) is 3.44. The third-order valence-corrected chi connectivity index (χ3v) is 4.17. The molecule has 0 amide bonds. The molecule has 4 heteroatoms. The molecule has 0 N–H and O–H groups in total. The van der Waals surface area contributed by atoms with E-state index in [0.717, 1.165) is 39.3 Å². The standard InChI is InChI=1S/C14H25N3O/c1-14(2,12-15)17-8-6-16(7-9-17)11-13-5-3-4-10-18-13/h13H,3-11H2,1-2H3. The fourth-order valence-corrected chi connectivity index (χ4v) is 2.80. The highest BCUT2D eigenvalue weighted by molar-refractivity contribution is 5.02.